The molecule has 7 heteroatoms. The lowest BCUT2D eigenvalue weighted by Gasteiger charge is -2.43. The molecule has 3 aromatic heterocycles. The van der Waals surface area contributed by atoms with Gasteiger partial charge in [-0.3, -0.25) is 4.79 Å². The van der Waals surface area contributed by atoms with Crippen LogP contribution in [-0.2, 0) is 6.54 Å². The number of hydrogen-bond donors (Lipinski definition) is 0. The third-order valence-corrected chi connectivity index (χ3v) is 4.95. The molecule has 0 spiro atoms. The maximum absolute atomic E-state index is 12.1. The molecule has 1 saturated heterocycles. The van der Waals surface area contributed by atoms with Gasteiger partial charge in [0.15, 0.2) is 5.65 Å². The summed E-state index contributed by atoms with van der Waals surface area (Å²) in [5.41, 5.74) is 2.03. The SMILES string of the molecule is O=c1cccc2n1CC1CC2CN(c2ccc3nncn3n2)C1. The summed E-state index contributed by atoms with van der Waals surface area (Å²) in [6.07, 6.45) is 2.77. The lowest BCUT2D eigenvalue weighted by Crippen LogP contribution is -2.47. The molecule has 0 radical (unpaired) electrons. The third kappa shape index (κ3) is 1.96. The minimum absolute atomic E-state index is 0.120. The number of hydrogen-bond acceptors (Lipinski definition) is 5. The highest BCUT2D eigenvalue weighted by atomic mass is 16.1. The summed E-state index contributed by atoms with van der Waals surface area (Å²) in [4.78, 5) is 14.4. The molecule has 0 aliphatic carbocycles. The molecule has 2 unspecified atom stereocenters. The van der Waals surface area contributed by atoms with E-state index in [1.807, 2.05) is 22.8 Å². The van der Waals surface area contributed by atoms with Crippen molar-refractivity contribution >= 4 is 11.5 Å². The van der Waals surface area contributed by atoms with Crippen molar-refractivity contribution in [2.45, 2.75) is 18.9 Å². The molecule has 5 heterocycles. The molecule has 5 rings (SSSR count). The summed E-state index contributed by atoms with van der Waals surface area (Å²) in [7, 11) is 0. The van der Waals surface area contributed by atoms with Gasteiger partial charge < -0.3 is 9.47 Å². The van der Waals surface area contributed by atoms with Crippen molar-refractivity contribution in [3.05, 3.63) is 52.7 Å². The Morgan fingerprint density at radius 1 is 1.09 bits per heavy atom. The van der Waals surface area contributed by atoms with Gasteiger partial charge in [-0.15, -0.1) is 15.3 Å². The van der Waals surface area contributed by atoms with E-state index in [1.165, 1.54) is 0 Å². The molecule has 0 N–H and O–H groups in total. The zero-order valence-corrected chi connectivity index (χ0v) is 12.5. The van der Waals surface area contributed by atoms with Gasteiger partial charge in [-0.1, -0.05) is 6.07 Å². The second kappa shape index (κ2) is 4.65. The van der Waals surface area contributed by atoms with E-state index in [1.54, 1.807) is 16.9 Å². The van der Waals surface area contributed by atoms with E-state index >= 15 is 0 Å². The van der Waals surface area contributed by atoms with Crippen molar-refractivity contribution in [3.63, 3.8) is 0 Å². The van der Waals surface area contributed by atoms with E-state index in [0.29, 0.717) is 11.8 Å². The summed E-state index contributed by atoms with van der Waals surface area (Å²) < 4.78 is 3.66. The summed E-state index contributed by atoms with van der Waals surface area (Å²) in [6, 6.07) is 9.56. The van der Waals surface area contributed by atoms with Crippen LogP contribution in [0.1, 0.15) is 18.0 Å². The molecule has 0 saturated carbocycles. The summed E-state index contributed by atoms with van der Waals surface area (Å²) in [5.74, 6) is 1.81. The van der Waals surface area contributed by atoms with Crippen LogP contribution < -0.4 is 10.5 Å². The topological polar surface area (TPSA) is 68.3 Å². The average Bonchev–Trinajstić information content (AvgIpc) is 3.03. The maximum atomic E-state index is 12.1. The normalized spacial score (nSPS) is 23.0. The average molecular weight is 308 g/mol. The number of aromatic nitrogens is 5. The van der Waals surface area contributed by atoms with Crippen LogP contribution >= 0.6 is 0 Å². The number of rotatable bonds is 1. The van der Waals surface area contributed by atoms with E-state index in [9.17, 15) is 4.79 Å². The molecule has 0 aromatic carbocycles. The Morgan fingerprint density at radius 2 is 2.04 bits per heavy atom. The van der Waals surface area contributed by atoms with Crippen molar-refractivity contribution in [3.8, 4) is 0 Å². The monoisotopic (exact) mass is 308 g/mol. The van der Waals surface area contributed by atoms with Crippen LogP contribution in [0.15, 0.2) is 41.5 Å². The molecule has 2 bridgehead atoms. The maximum Gasteiger partial charge on any atom is 0.250 e. The van der Waals surface area contributed by atoms with E-state index < -0.39 is 0 Å². The van der Waals surface area contributed by atoms with Crippen LogP contribution in [0, 0.1) is 5.92 Å². The van der Waals surface area contributed by atoms with Crippen molar-refractivity contribution in [2.24, 2.45) is 5.92 Å². The highest BCUT2D eigenvalue weighted by Gasteiger charge is 2.35. The zero-order valence-electron chi connectivity index (χ0n) is 12.5. The molecule has 116 valence electrons. The Hall–Kier alpha value is -2.70. The fourth-order valence-electron chi connectivity index (χ4n) is 3.97. The Morgan fingerprint density at radius 3 is 3.00 bits per heavy atom. The first-order valence-corrected chi connectivity index (χ1v) is 7.90. The molecule has 2 atom stereocenters. The van der Waals surface area contributed by atoms with Crippen LogP contribution in [0.5, 0.6) is 0 Å². The van der Waals surface area contributed by atoms with Gasteiger partial charge in [-0.2, -0.15) is 4.52 Å². The fraction of sp³-hybridized carbons (Fsp3) is 0.375. The molecule has 2 aliphatic rings. The molecular formula is C16H16N6O. The number of anilines is 1. The number of piperidine rings is 1. The summed E-state index contributed by atoms with van der Waals surface area (Å²) in [5, 5.41) is 12.5. The third-order valence-electron chi connectivity index (χ3n) is 4.95. The number of nitrogens with zero attached hydrogens (tertiary/aromatic N) is 6. The predicted molar refractivity (Wildman–Crippen MR) is 84.5 cm³/mol. The molecule has 0 amide bonds. The molecule has 1 fully saturated rings. The smallest absolute Gasteiger partial charge is 0.250 e. The van der Waals surface area contributed by atoms with Crippen LogP contribution in [-0.4, -0.2) is 37.5 Å². The molecular weight excluding hydrogens is 292 g/mol. The Labute approximate surface area is 132 Å². The summed E-state index contributed by atoms with van der Waals surface area (Å²) >= 11 is 0. The quantitative estimate of drug-likeness (QED) is 0.668. The lowest BCUT2D eigenvalue weighted by atomic mass is 9.83. The fourth-order valence-corrected chi connectivity index (χ4v) is 3.97. The van der Waals surface area contributed by atoms with E-state index in [2.05, 4.69) is 26.3 Å². The van der Waals surface area contributed by atoms with Crippen LogP contribution in [0.4, 0.5) is 5.82 Å². The van der Waals surface area contributed by atoms with Gasteiger partial charge in [0.05, 0.1) is 0 Å². The summed E-state index contributed by atoms with van der Waals surface area (Å²) in [6.45, 7) is 2.62. The Balaban J connectivity index is 1.52. The Bertz CT molecular complexity index is 945. The molecule has 7 nitrogen and oxygen atoms in total. The second-order valence-corrected chi connectivity index (χ2v) is 6.43. The van der Waals surface area contributed by atoms with Crippen LogP contribution in [0.3, 0.4) is 0 Å². The zero-order chi connectivity index (χ0) is 15.4. The van der Waals surface area contributed by atoms with Crippen molar-refractivity contribution in [2.75, 3.05) is 18.0 Å². The minimum atomic E-state index is 0.120. The van der Waals surface area contributed by atoms with Gasteiger partial charge in [0.1, 0.15) is 12.1 Å². The molecule has 2 aliphatic heterocycles. The van der Waals surface area contributed by atoms with E-state index in [0.717, 1.165) is 43.2 Å². The van der Waals surface area contributed by atoms with Gasteiger partial charge in [-0.05, 0) is 30.5 Å². The predicted octanol–water partition coefficient (Wildman–Crippen LogP) is 0.910. The second-order valence-electron chi connectivity index (χ2n) is 6.43. The first-order valence-electron chi connectivity index (χ1n) is 7.90. The Kier molecular flexibility index (Phi) is 2.59. The van der Waals surface area contributed by atoms with Gasteiger partial charge >= 0.3 is 0 Å². The molecule has 23 heavy (non-hydrogen) atoms. The van der Waals surface area contributed by atoms with E-state index in [-0.39, 0.29) is 5.56 Å². The highest BCUT2D eigenvalue weighted by Crippen LogP contribution is 2.36. The largest absolute Gasteiger partial charge is 0.354 e. The number of fused-ring (bicyclic) bond motifs is 5. The van der Waals surface area contributed by atoms with Crippen LogP contribution in [0.2, 0.25) is 0 Å². The van der Waals surface area contributed by atoms with Crippen molar-refractivity contribution in [1.82, 2.24) is 24.4 Å². The van der Waals surface area contributed by atoms with E-state index in [4.69, 9.17) is 0 Å². The first kappa shape index (κ1) is 12.8. The van der Waals surface area contributed by atoms with Gasteiger partial charge in [0.25, 0.3) is 5.56 Å². The van der Waals surface area contributed by atoms with Crippen molar-refractivity contribution < 1.29 is 0 Å². The van der Waals surface area contributed by atoms with Gasteiger partial charge in [0, 0.05) is 37.3 Å². The van der Waals surface area contributed by atoms with Crippen LogP contribution in [0.25, 0.3) is 5.65 Å². The highest BCUT2D eigenvalue weighted by molar-refractivity contribution is 5.46. The van der Waals surface area contributed by atoms with Crippen molar-refractivity contribution in [1.29, 1.82) is 0 Å². The lowest BCUT2D eigenvalue weighted by molar-refractivity contribution is 0.280. The molecule has 3 aromatic rings. The van der Waals surface area contributed by atoms with Gasteiger partial charge in [0.2, 0.25) is 0 Å². The van der Waals surface area contributed by atoms with Gasteiger partial charge in [-0.25, -0.2) is 0 Å². The minimum Gasteiger partial charge on any atom is -0.354 e. The first-order chi connectivity index (χ1) is 11.3. The number of pyridine rings is 1. The standard InChI is InChI=1S/C16H16N6O/c23-16-3-1-2-13-12-6-11(8-21(13)16)7-20(9-12)15-5-4-14-18-17-10-22(14)19-15/h1-5,10-12H,6-9H2.